The van der Waals surface area contributed by atoms with Crippen LogP contribution in [0.2, 0.25) is 0 Å². The van der Waals surface area contributed by atoms with Crippen molar-refractivity contribution in [2.75, 3.05) is 13.1 Å². The van der Waals surface area contributed by atoms with E-state index in [0.29, 0.717) is 6.07 Å². The third-order valence-corrected chi connectivity index (χ3v) is 5.25. The van der Waals surface area contributed by atoms with Gasteiger partial charge in [0.2, 0.25) is 10.0 Å². The Morgan fingerprint density at radius 3 is 2.30 bits per heavy atom. The maximum atomic E-state index is 13.1. The van der Waals surface area contributed by atoms with Gasteiger partial charge < -0.3 is 5.11 Å². The Bertz CT molecular complexity index is 641. The Balaban J connectivity index is 2.35. The summed E-state index contributed by atoms with van der Waals surface area (Å²) in [5, 5.41) is 9.07. The second-order valence-corrected chi connectivity index (χ2v) is 7.00. The maximum Gasteiger partial charge on any atom is 0.310 e. The molecule has 1 saturated heterocycles. The lowest BCUT2D eigenvalue weighted by Gasteiger charge is -2.20. The van der Waals surface area contributed by atoms with Crippen molar-refractivity contribution in [3.63, 3.8) is 0 Å². The number of halogens is 2. The monoisotopic (exact) mass is 305 g/mol. The molecule has 20 heavy (non-hydrogen) atoms. The van der Waals surface area contributed by atoms with E-state index >= 15 is 0 Å². The van der Waals surface area contributed by atoms with Gasteiger partial charge >= 0.3 is 5.97 Å². The van der Waals surface area contributed by atoms with Crippen molar-refractivity contribution in [2.24, 2.45) is 5.41 Å². The largest absolute Gasteiger partial charge is 0.481 e. The van der Waals surface area contributed by atoms with Crippen molar-refractivity contribution < 1.29 is 27.1 Å². The summed E-state index contributed by atoms with van der Waals surface area (Å²) >= 11 is 0. The van der Waals surface area contributed by atoms with Gasteiger partial charge in [-0.3, -0.25) is 4.79 Å². The highest BCUT2D eigenvalue weighted by Gasteiger charge is 2.45. The van der Waals surface area contributed by atoms with Crippen LogP contribution in [0, 0.1) is 17.0 Å². The van der Waals surface area contributed by atoms with E-state index in [9.17, 15) is 22.0 Å². The predicted molar refractivity (Wildman–Crippen MR) is 65.5 cm³/mol. The van der Waals surface area contributed by atoms with Gasteiger partial charge in [0.15, 0.2) is 0 Å². The van der Waals surface area contributed by atoms with Gasteiger partial charge in [0.05, 0.1) is 10.3 Å². The highest BCUT2D eigenvalue weighted by Crippen LogP contribution is 2.33. The SMILES string of the molecule is CC1(C(=O)O)CCN(S(=O)(=O)c2cc(F)cc(F)c2)C1. The van der Waals surface area contributed by atoms with E-state index < -0.39 is 37.9 Å². The highest BCUT2D eigenvalue weighted by atomic mass is 32.2. The molecule has 1 heterocycles. The number of benzene rings is 1. The Kier molecular flexibility index (Phi) is 3.55. The van der Waals surface area contributed by atoms with E-state index in [4.69, 9.17) is 5.11 Å². The second kappa shape index (κ2) is 4.78. The van der Waals surface area contributed by atoms with Gasteiger partial charge in [-0.2, -0.15) is 4.31 Å². The quantitative estimate of drug-likeness (QED) is 0.917. The number of hydrogen-bond acceptors (Lipinski definition) is 3. The average molecular weight is 305 g/mol. The normalized spacial score (nSPS) is 23.9. The summed E-state index contributed by atoms with van der Waals surface area (Å²) in [6, 6.07) is 2.01. The molecule has 2 rings (SSSR count). The molecule has 1 fully saturated rings. The Hall–Kier alpha value is -1.54. The van der Waals surface area contributed by atoms with Crippen molar-refractivity contribution >= 4 is 16.0 Å². The summed E-state index contributed by atoms with van der Waals surface area (Å²) in [5.74, 6) is -3.09. The molecule has 110 valence electrons. The number of nitrogens with zero attached hydrogens (tertiary/aromatic N) is 1. The van der Waals surface area contributed by atoms with Gasteiger partial charge in [0.1, 0.15) is 11.6 Å². The number of carboxylic acid groups (broad SMARTS) is 1. The minimum Gasteiger partial charge on any atom is -0.481 e. The zero-order valence-corrected chi connectivity index (χ0v) is 11.5. The Morgan fingerprint density at radius 2 is 1.85 bits per heavy atom. The first-order valence-corrected chi connectivity index (χ1v) is 7.29. The zero-order valence-electron chi connectivity index (χ0n) is 10.6. The zero-order chi connectivity index (χ0) is 15.1. The van der Waals surface area contributed by atoms with E-state index in [-0.39, 0.29) is 19.5 Å². The summed E-state index contributed by atoms with van der Waals surface area (Å²) in [4.78, 5) is 10.6. The summed E-state index contributed by atoms with van der Waals surface area (Å²) in [5.41, 5.74) is -1.18. The van der Waals surface area contributed by atoms with Crippen molar-refractivity contribution in [2.45, 2.75) is 18.2 Å². The molecular formula is C12H13F2NO4S. The van der Waals surface area contributed by atoms with Gasteiger partial charge in [0.25, 0.3) is 0 Å². The molecular weight excluding hydrogens is 292 g/mol. The van der Waals surface area contributed by atoms with Gasteiger partial charge in [-0.15, -0.1) is 0 Å². The molecule has 1 atom stereocenters. The summed E-state index contributed by atoms with van der Waals surface area (Å²) in [6.45, 7) is 1.23. The minimum absolute atomic E-state index is 0.00324. The number of carbonyl (C=O) groups is 1. The molecule has 1 aromatic carbocycles. The van der Waals surface area contributed by atoms with Crippen LogP contribution in [0.15, 0.2) is 23.1 Å². The molecule has 0 aliphatic carbocycles. The van der Waals surface area contributed by atoms with Gasteiger partial charge in [-0.25, -0.2) is 17.2 Å². The second-order valence-electron chi connectivity index (χ2n) is 5.06. The van der Waals surface area contributed by atoms with Crippen molar-refractivity contribution in [1.29, 1.82) is 0 Å². The van der Waals surface area contributed by atoms with E-state index in [1.165, 1.54) is 6.92 Å². The van der Waals surface area contributed by atoms with Crippen LogP contribution in [0.1, 0.15) is 13.3 Å². The summed E-state index contributed by atoms with van der Waals surface area (Å²) < 4.78 is 51.7. The number of sulfonamides is 1. The Morgan fingerprint density at radius 1 is 1.30 bits per heavy atom. The fraction of sp³-hybridized carbons (Fsp3) is 0.417. The molecule has 1 aliphatic rings. The minimum atomic E-state index is -4.10. The van der Waals surface area contributed by atoms with Crippen LogP contribution in [0.5, 0.6) is 0 Å². The molecule has 5 nitrogen and oxygen atoms in total. The first-order chi connectivity index (χ1) is 9.15. The van der Waals surface area contributed by atoms with Crippen LogP contribution in [0.3, 0.4) is 0 Å². The lowest BCUT2D eigenvalue weighted by molar-refractivity contribution is -0.146. The standard InChI is InChI=1S/C12H13F2NO4S/c1-12(11(16)17)2-3-15(7-12)20(18,19)10-5-8(13)4-9(14)6-10/h4-6H,2-3,7H2,1H3,(H,16,17). The van der Waals surface area contributed by atoms with Gasteiger partial charge in [0, 0.05) is 19.2 Å². The van der Waals surface area contributed by atoms with Crippen LogP contribution >= 0.6 is 0 Å². The van der Waals surface area contributed by atoms with Crippen molar-refractivity contribution in [3.8, 4) is 0 Å². The fourth-order valence-electron chi connectivity index (χ4n) is 2.13. The molecule has 0 radical (unpaired) electrons. The smallest absolute Gasteiger partial charge is 0.310 e. The number of carboxylic acids is 1. The third-order valence-electron chi connectivity index (χ3n) is 3.43. The molecule has 0 aromatic heterocycles. The number of rotatable bonds is 3. The number of aliphatic carboxylic acids is 1. The number of hydrogen-bond donors (Lipinski definition) is 1. The maximum absolute atomic E-state index is 13.1. The molecule has 1 aromatic rings. The lowest BCUT2D eigenvalue weighted by atomic mass is 9.90. The molecule has 1 unspecified atom stereocenters. The fourth-order valence-corrected chi connectivity index (χ4v) is 3.73. The molecule has 0 spiro atoms. The van der Waals surface area contributed by atoms with Crippen LogP contribution in [-0.2, 0) is 14.8 Å². The first-order valence-electron chi connectivity index (χ1n) is 5.85. The summed E-state index contributed by atoms with van der Waals surface area (Å²) in [7, 11) is -4.10. The highest BCUT2D eigenvalue weighted by molar-refractivity contribution is 7.89. The van der Waals surface area contributed by atoms with Crippen molar-refractivity contribution in [1.82, 2.24) is 4.31 Å². The average Bonchev–Trinajstić information content (AvgIpc) is 2.73. The van der Waals surface area contributed by atoms with Crippen LogP contribution in [0.4, 0.5) is 8.78 Å². The molecule has 1 N–H and O–H groups in total. The van der Waals surface area contributed by atoms with Gasteiger partial charge in [-0.05, 0) is 25.5 Å². The van der Waals surface area contributed by atoms with E-state index in [0.717, 1.165) is 16.4 Å². The van der Waals surface area contributed by atoms with Crippen LogP contribution in [-0.4, -0.2) is 36.9 Å². The molecule has 0 saturated carbocycles. The predicted octanol–water partition coefficient (Wildman–Crippen LogP) is 1.45. The van der Waals surface area contributed by atoms with E-state index in [1.807, 2.05) is 0 Å². The summed E-state index contributed by atoms with van der Waals surface area (Å²) in [6.07, 6.45) is 0.152. The molecule has 8 heteroatoms. The molecule has 1 aliphatic heterocycles. The lowest BCUT2D eigenvalue weighted by Crippen LogP contribution is -2.35. The van der Waals surface area contributed by atoms with Crippen LogP contribution in [0.25, 0.3) is 0 Å². The molecule has 0 bridgehead atoms. The Labute approximate surface area is 114 Å². The third kappa shape index (κ3) is 2.53. The van der Waals surface area contributed by atoms with E-state index in [1.54, 1.807) is 0 Å². The topological polar surface area (TPSA) is 74.7 Å². The van der Waals surface area contributed by atoms with Crippen LogP contribution < -0.4 is 0 Å². The van der Waals surface area contributed by atoms with Gasteiger partial charge in [-0.1, -0.05) is 0 Å². The molecule has 0 amide bonds. The first kappa shape index (κ1) is 14.9. The van der Waals surface area contributed by atoms with Crippen molar-refractivity contribution in [3.05, 3.63) is 29.8 Å². The van der Waals surface area contributed by atoms with E-state index in [2.05, 4.69) is 0 Å².